The monoisotopic (exact) mass is 297 g/mol. The standard InChI is InChI=1S/C11H12BrN3O2/c1-11(2,3)17-9(16)8-5-14-10-13-4-7(12)6-15(8)10/h4-6H,1-3H3. The van der Waals surface area contributed by atoms with Crippen molar-refractivity contribution in [2.24, 2.45) is 0 Å². The second kappa shape index (κ2) is 4.10. The SMILES string of the molecule is CC(C)(C)OC(=O)c1cnc2ncc(Br)cn12. The van der Waals surface area contributed by atoms with Crippen LogP contribution < -0.4 is 0 Å². The third-order valence-corrected chi connectivity index (χ3v) is 2.35. The summed E-state index contributed by atoms with van der Waals surface area (Å²) in [7, 11) is 0. The summed E-state index contributed by atoms with van der Waals surface area (Å²) in [5.74, 6) is 0.0546. The lowest BCUT2D eigenvalue weighted by molar-refractivity contribution is 0.00616. The van der Waals surface area contributed by atoms with Crippen molar-refractivity contribution in [1.82, 2.24) is 14.4 Å². The molecule has 6 heteroatoms. The molecular formula is C11H12BrN3O2. The van der Waals surface area contributed by atoms with Crippen LogP contribution in [0.4, 0.5) is 0 Å². The van der Waals surface area contributed by atoms with Crippen LogP contribution in [0, 0.1) is 0 Å². The number of carbonyl (C=O) groups is 1. The normalized spacial score (nSPS) is 11.8. The number of rotatable bonds is 1. The first-order valence-electron chi connectivity index (χ1n) is 5.09. The van der Waals surface area contributed by atoms with Crippen LogP contribution in [0.1, 0.15) is 31.3 Å². The molecule has 0 aliphatic carbocycles. The lowest BCUT2D eigenvalue weighted by Gasteiger charge is -2.18. The van der Waals surface area contributed by atoms with Gasteiger partial charge in [-0.2, -0.15) is 0 Å². The number of ether oxygens (including phenoxy) is 1. The van der Waals surface area contributed by atoms with Crippen LogP contribution in [0.5, 0.6) is 0 Å². The van der Waals surface area contributed by atoms with E-state index in [2.05, 4.69) is 25.9 Å². The topological polar surface area (TPSA) is 56.5 Å². The second-order valence-corrected chi connectivity index (χ2v) is 5.50. The highest BCUT2D eigenvalue weighted by atomic mass is 79.9. The van der Waals surface area contributed by atoms with Crippen molar-refractivity contribution in [2.75, 3.05) is 0 Å². The summed E-state index contributed by atoms with van der Waals surface area (Å²) >= 11 is 3.30. The van der Waals surface area contributed by atoms with Gasteiger partial charge in [0.1, 0.15) is 5.60 Å². The van der Waals surface area contributed by atoms with Crippen molar-refractivity contribution < 1.29 is 9.53 Å². The number of esters is 1. The first kappa shape index (κ1) is 12.0. The minimum atomic E-state index is -0.527. The minimum absolute atomic E-state index is 0.365. The van der Waals surface area contributed by atoms with E-state index in [9.17, 15) is 4.79 Å². The molecule has 0 spiro atoms. The third-order valence-electron chi connectivity index (χ3n) is 1.94. The van der Waals surface area contributed by atoms with Gasteiger partial charge < -0.3 is 4.74 Å². The summed E-state index contributed by atoms with van der Waals surface area (Å²) in [5.41, 5.74) is -0.163. The van der Waals surface area contributed by atoms with E-state index in [0.29, 0.717) is 11.5 Å². The molecule has 0 amide bonds. The molecule has 2 aromatic rings. The molecule has 0 atom stereocenters. The molecule has 0 radical (unpaired) electrons. The van der Waals surface area contributed by atoms with Gasteiger partial charge in [-0.05, 0) is 36.7 Å². The third kappa shape index (κ3) is 2.63. The van der Waals surface area contributed by atoms with Crippen LogP contribution in [0.25, 0.3) is 5.78 Å². The van der Waals surface area contributed by atoms with Crippen LogP contribution in [0.2, 0.25) is 0 Å². The Labute approximate surface area is 107 Å². The van der Waals surface area contributed by atoms with E-state index in [4.69, 9.17) is 4.74 Å². The maximum absolute atomic E-state index is 11.9. The minimum Gasteiger partial charge on any atom is -0.455 e. The maximum atomic E-state index is 11.9. The maximum Gasteiger partial charge on any atom is 0.357 e. The number of carbonyl (C=O) groups excluding carboxylic acids is 1. The van der Waals surface area contributed by atoms with E-state index in [1.807, 2.05) is 20.8 Å². The fraction of sp³-hybridized carbons (Fsp3) is 0.364. The summed E-state index contributed by atoms with van der Waals surface area (Å²) in [5, 5.41) is 0. The van der Waals surface area contributed by atoms with Gasteiger partial charge in [0, 0.05) is 12.4 Å². The fourth-order valence-electron chi connectivity index (χ4n) is 1.33. The highest BCUT2D eigenvalue weighted by Gasteiger charge is 2.21. The summed E-state index contributed by atoms with van der Waals surface area (Å²) in [4.78, 5) is 20.0. The molecule has 2 heterocycles. The lowest BCUT2D eigenvalue weighted by Crippen LogP contribution is -2.24. The largest absolute Gasteiger partial charge is 0.455 e. The lowest BCUT2D eigenvalue weighted by atomic mass is 10.2. The quantitative estimate of drug-likeness (QED) is 0.759. The number of hydrogen-bond donors (Lipinski definition) is 0. The van der Waals surface area contributed by atoms with Crippen molar-refractivity contribution in [3.63, 3.8) is 0 Å². The van der Waals surface area contributed by atoms with Crippen molar-refractivity contribution in [2.45, 2.75) is 26.4 Å². The Bertz CT molecular complexity index is 572. The molecule has 2 rings (SSSR count). The highest BCUT2D eigenvalue weighted by Crippen LogP contribution is 2.15. The number of halogens is 1. The molecule has 17 heavy (non-hydrogen) atoms. The van der Waals surface area contributed by atoms with Crippen LogP contribution in [0.3, 0.4) is 0 Å². The number of nitrogens with zero attached hydrogens (tertiary/aromatic N) is 3. The zero-order valence-corrected chi connectivity index (χ0v) is 11.4. The van der Waals surface area contributed by atoms with E-state index in [1.165, 1.54) is 6.20 Å². The van der Waals surface area contributed by atoms with Crippen LogP contribution in [-0.4, -0.2) is 25.9 Å². The van der Waals surface area contributed by atoms with E-state index < -0.39 is 11.6 Å². The predicted molar refractivity (Wildman–Crippen MR) is 65.9 cm³/mol. The summed E-state index contributed by atoms with van der Waals surface area (Å²) in [6.07, 6.45) is 4.82. The molecule has 0 bridgehead atoms. The molecule has 0 aliphatic heterocycles. The number of aromatic nitrogens is 3. The van der Waals surface area contributed by atoms with Gasteiger partial charge in [0.2, 0.25) is 5.78 Å². The van der Waals surface area contributed by atoms with Crippen LogP contribution >= 0.6 is 15.9 Å². The van der Waals surface area contributed by atoms with Gasteiger partial charge in [0.15, 0.2) is 5.69 Å². The van der Waals surface area contributed by atoms with Crippen molar-refractivity contribution in [3.8, 4) is 0 Å². The summed E-state index contributed by atoms with van der Waals surface area (Å²) in [6.45, 7) is 5.47. The number of fused-ring (bicyclic) bond motifs is 1. The molecule has 0 aliphatic rings. The average Bonchev–Trinajstić information content (AvgIpc) is 2.57. The molecule has 5 nitrogen and oxygen atoms in total. The van der Waals surface area contributed by atoms with E-state index in [1.54, 1.807) is 16.8 Å². The molecular weight excluding hydrogens is 286 g/mol. The molecule has 0 aromatic carbocycles. The van der Waals surface area contributed by atoms with E-state index >= 15 is 0 Å². The van der Waals surface area contributed by atoms with E-state index in [0.717, 1.165) is 4.47 Å². The molecule has 2 aromatic heterocycles. The Balaban J connectivity index is 2.42. The van der Waals surface area contributed by atoms with Crippen molar-refractivity contribution in [1.29, 1.82) is 0 Å². The smallest absolute Gasteiger partial charge is 0.357 e. The fourth-order valence-corrected chi connectivity index (χ4v) is 1.64. The summed E-state index contributed by atoms with van der Waals surface area (Å²) < 4.78 is 7.65. The molecule has 90 valence electrons. The van der Waals surface area contributed by atoms with E-state index in [-0.39, 0.29) is 0 Å². The molecule has 0 unspecified atom stereocenters. The Kier molecular flexibility index (Phi) is 2.91. The molecule has 0 saturated heterocycles. The van der Waals surface area contributed by atoms with Gasteiger partial charge in [-0.15, -0.1) is 0 Å². The van der Waals surface area contributed by atoms with Crippen LogP contribution in [0.15, 0.2) is 23.1 Å². The summed E-state index contributed by atoms with van der Waals surface area (Å²) in [6, 6.07) is 0. The highest BCUT2D eigenvalue weighted by molar-refractivity contribution is 9.10. The Hall–Kier alpha value is -1.43. The van der Waals surface area contributed by atoms with Gasteiger partial charge >= 0.3 is 5.97 Å². The van der Waals surface area contributed by atoms with Gasteiger partial charge in [0.05, 0.1) is 10.7 Å². The molecule has 0 saturated carbocycles. The number of hydrogen-bond acceptors (Lipinski definition) is 4. The van der Waals surface area contributed by atoms with Gasteiger partial charge in [-0.3, -0.25) is 4.40 Å². The first-order valence-corrected chi connectivity index (χ1v) is 5.88. The Morgan fingerprint density at radius 3 is 2.65 bits per heavy atom. The number of imidazole rings is 1. The van der Waals surface area contributed by atoms with Gasteiger partial charge in [-0.25, -0.2) is 14.8 Å². The van der Waals surface area contributed by atoms with Gasteiger partial charge in [-0.1, -0.05) is 0 Å². The Morgan fingerprint density at radius 1 is 1.35 bits per heavy atom. The van der Waals surface area contributed by atoms with Gasteiger partial charge in [0.25, 0.3) is 0 Å². The van der Waals surface area contributed by atoms with Crippen molar-refractivity contribution in [3.05, 3.63) is 28.8 Å². The first-order chi connectivity index (χ1) is 7.87. The predicted octanol–water partition coefficient (Wildman–Crippen LogP) is 2.45. The Morgan fingerprint density at radius 2 is 2.00 bits per heavy atom. The zero-order valence-electron chi connectivity index (χ0n) is 9.77. The zero-order chi connectivity index (χ0) is 12.6. The second-order valence-electron chi connectivity index (χ2n) is 4.59. The molecule has 0 N–H and O–H groups in total. The van der Waals surface area contributed by atoms with Crippen LogP contribution in [-0.2, 0) is 4.74 Å². The average molecular weight is 298 g/mol. The molecule has 0 fully saturated rings. The van der Waals surface area contributed by atoms with Crippen molar-refractivity contribution >= 4 is 27.7 Å².